The molecule has 0 saturated heterocycles. The van der Waals surface area contributed by atoms with E-state index in [4.69, 9.17) is 5.73 Å². The fourth-order valence-corrected chi connectivity index (χ4v) is 3.80. The number of aromatic nitrogens is 1. The van der Waals surface area contributed by atoms with Crippen molar-refractivity contribution in [1.29, 1.82) is 0 Å². The quantitative estimate of drug-likeness (QED) is 0.459. The van der Waals surface area contributed by atoms with Crippen molar-refractivity contribution in [2.75, 3.05) is 18.1 Å². The SMILES string of the molecule is CN(I)S(=O)(=O)C[C@](C)(N)c1cc(NC(=O)c2ccc(F)cn2)ccc1F. The van der Waals surface area contributed by atoms with Gasteiger partial charge in [0.25, 0.3) is 5.91 Å². The molecule has 0 aliphatic carbocycles. The lowest BCUT2D eigenvalue weighted by atomic mass is 9.94. The number of carbonyl (C=O) groups is 1. The van der Waals surface area contributed by atoms with Crippen molar-refractivity contribution in [2.45, 2.75) is 12.5 Å². The fraction of sp³-hybridized carbons (Fsp3) is 0.250. The minimum Gasteiger partial charge on any atom is -0.321 e. The highest BCUT2D eigenvalue weighted by atomic mass is 127. The molecule has 1 aromatic heterocycles. The van der Waals surface area contributed by atoms with Crippen molar-refractivity contribution in [2.24, 2.45) is 5.73 Å². The van der Waals surface area contributed by atoms with Gasteiger partial charge in [0.2, 0.25) is 10.0 Å². The van der Waals surface area contributed by atoms with Gasteiger partial charge < -0.3 is 11.1 Å². The van der Waals surface area contributed by atoms with E-state index in [1.165, 1.54) is 32.2 Å². The molecule has 2 rings (SSSR count). The van der Waals surface area contributed by atoms with Crippen LogP contribution in [0.1, 0.15) is 23.0 Å². The molecule has 7 nitrogen and oxygen atoms in total. The summed E-state index contributed by atoms with van der Waals surface area (Å²) < 4.78 is 52.4. The molecule has 2 aromatic rings. The number of benzene rings is 1. The zero-order valence-electron chi connectivity index (χ0n) is 14.4. The molecule has 0 aliphatic heterocycles. The van der Waals surface area contributed by atoms with E-state index in [0.717, 1.165) is 20.8 Å². The Labute approximate surface area is 169 Å². The molecule has 3 N–H and O–H groups in total. The molecule has 0 radical (unpaired) electrons. The average Bonchev–Trinajstić information content (AvgIpc) is 2.56. The van der Waals surface area contributed by atoms with E-state index in [2.05, 4.69) is 10.3 Å². The van der Waals surface area contributed by atoms with Crippen LogP contribution in [0.15, 0.2) is 36.5 Å². The number of carbonyl (C=O) groups excluding carboxylic acids is 1. The third kappa shape index (κ3) is 5.40. The van der Waals surface area contributed by atoms with E-state index in [1.807, 2.05) is 0 Å². The van der Waals surface area contributed by atoms with Crippen LogP contribution in [0, 0.1) is 11.6 Å². The molecule has 1 heterocycles. The summed E-state index contributed by atoms with van der Waals surface area (Å²) in [5.74, 6) is -2.46. The standard InChI is InChI=1S/C16H17F2IN4O3S/c1-16(20,9-27(25,26)23(2)19)12-7-11(4-5-13(12)18)22-15(24)14-6-3-10(17)8-21-14/h3-8H,9,20H2,1-2H3,(H,22,24)/t16-/m0/s1. The van der Waals surface area contributed by atoms with Gasteiger partial charge in [0.15, 0.2) is 0 Å². The van der Waals surface area contributed by atoms with E-state index in [1.54, 1.807) is 22.9 Å². The summed E-state index contributed by atoms with van der Waals surface area (Å²) in [6, 6.07) is 5.93. The molecule has 27 heavy (non-hydrogen) atoms. The van der Waals surface area contributed by atoms with Crippen LogP contribution in [-0.2, 0) is 15.6 Å². The third-order valence-corrected chi connectivity index (χ3v) is 7.20. The second kappa shape index (κ2) is 8.12. The predicted molar refractivity (Wildman–Crippen MR) is 106 cm³/mol. The van der Waals surface area contributed by atoms with Gasteiger partial charge in [-0.1, -0.05) is 0 Å². The van der Waals surface area contributed by atoms with Crippen LogP contribution in [0.3, 0.4) is 0 Å². The summed E-state index contributed by atoms with van der Waals surface area (Å²) in [5, 5.41) is 2.50. The number of amides is 1. The average molecular weight is 510 g/mol. The van der Waals surface area contributed by atoms with Crippen LogP contribution in [-0.4, -0.2) is 34.6 Å². The first-order valence-corrected chi connectivity index (χ1v) is 10.1. The van der Waals surface area contributed by atoms with Gasteiger partial charge >= 0.3 is 0 Å². The number of hydrogen-bond acceptors (Lipinski definition) is 5. The highest BCUT2D eigenvalue weighted by Gasteiger charge is 2.33. The highest BCUT2D eigenvalue weighted by Crippen LogP contribution is 2.27. The number of nitrogens with two attached hydrogens (primary N) is 1. The van der Waals surface area contributed by atoms with Gasteiger partial charge in [-0.3, -0.25) is 4.79 Å². The molecule has 0 unspecified atom stereocenters. The molecule has 0 fully saturated rings. The van der Waals surface area contributed by atoms with Crippen molar-refractivity contribution in [1.82, 2.24) is 7.50 Å². The van der Waals surface area contributed by atoms with Gasteiger partial charge in [-0.25, -0.2) is 22.2 Å². The molecule has 1 atom stereocenters. The van der Waals surface area contributed by atoms with Crippen LogP contribution >= 0.6 is 22.9 Å². The van der Waals surface area contributed by atoms with Gasteiger partial charge in [0.05, 0.1) is 17.5 Å². The predicted octanol–water partition coefficient (Wildman–Crippen LogP) is 2.40. The minimum absolute atomic E-state index is 0.0353. The van der Waals surface area contributed by atoms with Crippen LogP contribution < -0.4 is 11.1 Å². The molecule has 0 saturated carbocycles. The first-order valence-electron chi connectivity index (χ1n) is 7.56. The molecule has 11 heteroatoms. The van der Waals surface area contributed by atoms with Crippen LogP contribution in [0.25, 0.3) is 0 Å². The van der Waals surface area contributed by atoms with Gasteiger partial charge in [-0.2, -0.15) is 0 Å². The number of nitrogens with zero attached hydrogens (tertiary/aromatic N) is 2. The van der Waals surface area contributed by atoms with Gasteiger partial charge in [0.1, 0.15) is 17.3 Å². The van der Waals surface area contributed by atoms with E-state index >= 15 is 0 Å². The van der Waals surface area contributed by atoms with Gasteiger partial charge in [0, 0.05) is 41.2 Å². The topological polar surface area (TPSA) is 105 Å². The van der Waals surface area contributed by atoms with Gasteiger partial charge in [-0.05, 0) is 37.3 Å². The third-order valence-electron chi connectivity index (χ3n) is 3.67. The summed E-state index contributed by atoms with van der Waals surface area (Å²) in [6.07, 6.45) is 0.896. The number of pyridine rings is 1. The Balaban J connectivity index is 2.30. The number of rotatable bonds is 6. The first kappa shape index (κ1) is 21.6. The van der Waals surface area contributed by atoms with Crippen molar-refractivity contribution >= 4 is 44.5 Å². The zero-order chi connectivity index (χ0) is 20.4. The van der Waals surface area contributed by atoms with Crippen molar-refractivity contribution < 1.29 is 22.0 Å². The molecule has 0 bridgehead atoms. The Morgan fingerprint density at radius 2 is 2.00 bits per heavy atom. The Morgan fingerprint density at radius 1 is 1.33 bits per heavy atom. The number of halogens is 3. The fourth-order valence-electron chi connectivity index (χ4n) is 2.29. The lowest BCUT2D eigenvalue weighted by molar-refractivity contribution is 0.102. The second-order valence-electron chi connectivity index (χ2n) is 6.07. The van der Waals surface area contributed by atoms with Crippen molar-refractivity contribution in [3.05, 3.63) is 59.4 Å². The Kier molecular flexibility index (Phi) is 6.50. The summed E-state index contributed by atoms with van der Waals surface area (Å²) in [4.78, 5) is 15.8. The lowest BCUT2D eigenvalue weighted by Gasteiger charge is -2.27. The minimum atomic E-state index is -3.71. The van der Waals surface area contributed by atoms with E-state index < -0.39 is 38.9 Å². The Hall–Kier alpha value is -1.70. The Bertz CT molecular complexity index is 951. The maximum Gasteiger partial charge on any atom is 0.274 e. The summed E-state index contributed by atoms with van der Waals surface area (Å²) in [7, 11) is -2.37. The van der Waals surface area contributed by atoms with Crippen LogP contribution in [0.5, 0.6) is 0 Å². The number of hydrogen-bond donors (Lipinski definition) is 2. The number of anilines is 1. The highest BCUT2D eigenvalue weighted by molar-refractivity contribution is 14.1. The summed E-state index contributed by atoms with van der Waals surface area (Å²) in [6.45, 7) is 1.39. The lowest BCUT2D eigenvalue weighted by Crippen LogP contribution is -2.43. The molecular weight excluding hydrogens is 493 g/mol. The smallest absolute Gasteiger partial charge is 0.274 e. The van der Waals surface area contributed by atoms with Gasteiger partial charge in [-0.15, -0.1) is 2.52 Å². The van der Waals surface area contributed by atoms with E-state index in [0.29, 0.717) is 0 Å². The maximum absolute atomic E-state index is 14.3. The molecule has 0 aliphatic rings. The normalized spacial score (nSPS) is 14.0. The molecule has 0 spiro atoms. The molecular formula is C16H17F2IN4O3S. The Morgan fingerprint density at radius 3 is 2.56 bits per heavy atom. The largest absolute Gasteiger partial charge is 0.321 e. The van der Waals surface area contributed by atoms with Crippen molar-refractivity contribution in [3.63, 3.8) is 0 Å². The number of nitrogens with one attached hydrogen (secondary N) is 1. The molecule has 1 aromatic carbocycles. The monoisotopic (exact) mass is 510 g/mol. The van der Waals surface area contributed by atoms with E-state index in [9.17, 15) is 22.0 Å². The summed E-state index contributed by atoms with van der Waals surface area (Å²) in [5.41, 5.74) is 4.61. The summed E-state index contributed by atoms with van der Waals surface area (Å²) >= 11 is 1.59. The van der Waals surface area contributed by atoms with Crippen LogP contribution in [0.2, 0.25) is 0 Å². The number of sulfonamides is 1. The molecule has 1 amide bonds. The van der Waals surface area contributed by atoms with Crippen LogP contribution in [0.4, 0.5) is 14.5 Å². The maximum atomic E-state index is 14.3. The molecule has 146 valence electrons. The van der Waals surface area contributed by atoms with E-state index in [-0.39, 0.29) is 16.9 Å². The van der Waals surface area contributed by atoms with Crippen molar-refractivity contribution in [3.8, 4) is 0 Å². The zero-order valence-corrected chi connectivity index (χ0v) is 17.4. The second-order valence-corrected chi connectivity index (χ2v) is 10.2. The first-order chi connectivity index (χ1) is 12.4.